The molecule has 1 aromatic carbocycles. The predicted octanol–water partition coefficient (Wildman–Crippen LogP) is 3.37. The number of nitrogens with zero attached hydrogens (tertiary/aromatic N) is 2. The maximum Gasteiger partial charge on any atom is 0.131 e. The second-order valence-electron chi connectivity index (χ2n) is 4.94. The van der Waals surface area contributed by atoms with Crippen molar-refractivity contribution in [2.75, 3.05) is 0 Å². The highest BCUT2D eigenvalue weighted by Gasteiger charge is 2.15. The van der Waals surface area contributed by atoms with E-state index in [2.05, 4.69) is 5.10 Å². The lowest BCUT2D eigenvalue weighted by Gasteiger charge is -2.14. The van der Waals surface area contributed by atoms with Gasteiger partial charge in [0.25, 0.3) is 0 Å². The van der Waals surface area contributed by atoms with E-state index in [9.17, 15) is 4.39 Å². The molecule has 6 heteroatoms. The smallest absolute Gasteiger partial charge is 0.131 e. The maximum absolute atomic E-state index is 13.4. The van der Waals surface area contributed by atoms with Crippen LogP contribution in [0.15, 0.2) is 18.2 Å². The standard InChI is InChI=1S/C15H19ClFN3O/c1-4-12-15(16)13(20(3)19-12)8-21-14-7-10(17)5-6-11(14)9(2)18/h5-7,9H,4,8,18H2,1-3H3/t9-/m0/s1. The number of hydrogen-bond donors (Lipinski definition) is 1. The summed E-state index contributed by atoms with van der Waals surface area (Å²) in [6, 6.07) is 4.10. The first-order chi connectivity index (χ1) is 9.93. The van der Waals surface area contributed by atoms with Crippen molar-refractivity contribution in [3.63, 3.8) is 0 Å². The summed E-state index contributed by atoms with van der Waals surface area (Å²) in [5, 5.41) is 4.92. The number of aromatic nitrogens is 2. The van der Waals surface area contributed by atoms with Gasteiger partial charge in [0.1, 0.15) is 18.2 Å². The van der Waals surface area contributed by atoms with Gasteiger partial charge in [0.2, 0.25) is 0 Å². The Hall–Kier alpha value is -1.59. The fraction of sp³-hybridized carbons (Fsp3) is 0.400. The highest BCUT2D eigenvalue weighted by molar-refractivity contribution is 6.31. The van der Waals surface area contributed by atoms with E-state index >= 15 is 0 Å². The Kier molecular flexibility index (Phi) is 4.85. The van der Waals surface area contributed by atoms with Gasteiger partial charge in [-0.25, -0.2) is 4.39 Å². The van der Waals surface area contributed by atoms with Crippen LogP contribution in [0.4, 0.5) is 4.39 Å². The molecule has 2 N–H and O–H groups in total. The minimum Gasteiger partial charge on any atom is -0.487 e. The molecule has 0 aliphatic rings. The molecule has 0 amide bonds. The number of rotatable bonds is 5. The minimum absolute atomic E-state index is 0.214. The predicted molar refractivity (Wildman–Crippen MR) is 80.9 cm³/mol. The average Bonchev–Trinajstić information content (AvgIpc) is 2.71. The Labute approximate surface area is 128 Å². The molecule has 0 aliphatic carbocycles. The maximum atomic E-state index is 13.4. The van der Waals surface area contributed by atoms with Gasteiger partial charge in [-0.15, -0.1) is 0 Å². The molecule has 21 heavy (non-hydrogen) atoms. The SMILES string of the molecule is CCc1nn(C)c(COc2cc(F)ccc2[C@H](C)N)c1Cl. The Morgan fingerprint density at radius 2 is 2.19 bits per heavy atom. The second kappa shape index (κ2) is 6.45. The first-order valence-corrected chi connectivity index (χ1v) is 7.19. The molecule has 2 rings (SSSR count). The lowest BCUT2D eigenvalue weighted by atomic mass is 10.1. The van der Waals surface area contributed by atoms with Gasteiger partial charge in [-0.2, -0.15) is 5.10 Å². The summed E-state index contributed by atoms with van der Waals surface area (Å²) >= 11 is 6.27. The van der Waals surface area contributed by atoms with Gasteiger partial charge in [0.15, 0.2) is 0 Å². The Morgan fingerprint density at radius 1 is 1.48 bits per heavy atom. The van der Waals surface area contributed by atoms with E-state index in [1.54, 1.807) is 10.7 Å². The molecule has 0 radical (unpaired) electrons. The third-order valence-electron chi connectivity index (χ3n) is 3.33. The molecule has 0 unspecified atom stereocenters. The summed E-state index contributed by atoms with van der Waals surface area (Å²) in [6.45, 7) is 4.03. The topological polar surface area (TPSA) is 53.1 Å². The monoisotopic (exact) mass is 311 g/mol. The fourth-order valence-electron chi connectivity index (χ4n) is 2.13. The first-order valence-electron chi connectivity index (χ1n) is 6.82. The van der Waals surface area contributed by atoms with Crippen LogP contribution in [0.1, 0.15) is 36.8 Å². The highest BCUT2D eigenvalue weighted by Crippen LogP contribution is 2.27. The summed E-state index contributed by atoms with van der Waals surface area (Å²) in [5.74, 6) is 0.0695. The molecular formula is C15H19ClFN3O. The molecule has 0 bridgehead atoms. The molecule has 0 aliphatic heterocycles. The quantitative estimate of drug-likeness (QED) is 0.921. The van der Waals surface area contributed by atoms with Crippen molar-refractivity contribution in [3.05, 3.63) is 46.0 Å². The first kappa shape index (κ1) is 15.8. The molecule has 0 saturated carbocycles. The molecule has 1 atom stereocenters. The molecule has 1 heterocycles. The summed E-state index contributed by atoms with van der Waals surface area (Å²) in [5.41, 5.74) is 8.21. The molecule has 0 saturated heterocycles. The molecule has 0 spiro atoms. The number of nitrogens with two attached hydrogens (primary N) is 1. The Bertz CT molecular complexity index is 640. The van der Waals surface area contributed by atoms with E-state index in [-0.39, 0.29) is 18.5 Å². The van der Waals surface area contributed by atoms with E-state index < -0.39 is 0 Å². The van der Waals surface area contributed by atoms with Crippen LogP contribution in [0.5, 0.6) is 5.75 Å². The van der Waals surface area contributed by atoms with Crippen molar-refractivity contribution in [3.8, 4) is 5.75 Å². The third kappa shape index (κ3) is 3.36. The van der Waals surface area contributed by atoms with Gasteiger partial charge in [-0.1, -0.05) is 24.6 Å². The van der Waals surface area contributed by atoms with Gasteiger partial charge >= 0.3 is 0 Å². The molecule has 0 fully saturated rings. The molecular weight excluding hydrogens is 293 g/mol. The van der Waals surface area contributed by atoms with E-state index in [1.807, 2.05) is 20.9 Å². The molecule has 4 nitrogen and oxygen atoms in total. The minimum atomic E-state index is -0.361. The lowest BCUT2D eigenvalue weighted by Crippen LogP contribution is -2.10. The third-order valence-corrected chi connectivity index (χ3v) is 3.77. The highest BCUT2D eigenvalue weighted by atomic mass is 35.5. The molecule has 2 aromatic rings. The van der Waals surface area contributed by atoms with Gasteiger partial charge in [-0.05, 0) is 19.4 Å². The van der Waals surface area contributed by atoms with E-state index in [0.717, 1.165) is 23.4 Å². The van der Waals surface area contributed by atoms with Crippen LogP contribution in [0.25, 0.3) is 0 Å². The van der Waals surface area contributed by atoms with Crippen LogP contribution in [0.2, 0.25) is 5.02 Å². The van der Waals surface area contributed by atoms with Crippen LogP contribution >= 0.6 is 11.6 Å². The van der Waals surface area contributed by atoms with Crippen molar-refractivity contribution in [1.29, 1.82) is 0 Å². The summed E-state index contributed by atoms with van der Waals surface area (Å²) in [4.78, 5) is 0. The molecule has 114 valence electrons. The lowest BCUT2D eigenvalue weighted by molar-refractivity contribution is 0.289. The zero-order valence-electron chi connectivity index (χ0n) is 12.4. The zero-order chi connectivity index (χ0) is 15.6. The van der Waals surface area contributed by atoms with E-state index in [1.165, 1.54) is 12.1 Å². The van der Waals surface area contributed by atoms with Crippen LogP contribution in [-0.2, 0) is 20.1 Å². The van der Waals surface area contributed by atoms with Crippen molar-refractivity contribution in [1.82, 2.24) is 9.78 Å². The number of halogens is 2. The van der Waals surface area contributed by atoms with E-state index in [4.69, 9.17) is 22.1 Å². The van der Waals surface area contributed by atoms with Crippen molar-refractivity contribution in [2.45, 2.75) is 32.9 Å². The Balaban J connectivity index is 2.24. The normalized spacial score (nSPS) is 12.5. The second-order valence-corrected chi connectivity index (χ2v) is 5.32. The number of aryl methyl sites for hydroxylation is 2. The largest absolute Gasteiger partial charge is 0.487 e. The van der Waals surface area contributed by atoms with E-state index in [0.29, 0.717) is 10.8 Å². The van der Waals surface area contributed by atoms with Crippen LogP contribution in [-0.4, -0.2) is 9.78 Å². The van der Waals surface area contributed by atoms with Crippen molar-refractivity contribution >= 4 is 11.6 Å². The average molecular weight is 312 g/mol. The zero-order valence-corrected chi connectivity index (χ0v) is 13.1. The summed E-state index contributed by atoms with van der Waals surface area (Å²) < 4.78 is 20.8. The Morgan fingerprint density at radius 3 is 2.76 bits per heavy atom. The van der Waals surface area contributed by atoms with Gasteiger partial charge in [-0.3, -0.25) is 4.68 Å². The van der Waals surface area contributed by atoms with Gasteiger partial charge < -0.3 is 10.5 Å². The van der Waals surface area contributed by atoms with Crippen LogP contribution < -0.4 is 10.5 Å². The number of benzene rings is 1. The fourth-order valence-corrected chi connectivity index (χ4v) is 2.48. The van der Waals surface area contributed by atoms with Crippen LogP contribution in [0, 0.1) is 5.82 Å². The van der Waals surface area contributed by atoms with Crippen molar-refractivity contribution in [2.24, 2.45) is 12.8 Å². The number of ether oxygens (including phenoxy) is 1. The number of hydrogen-bond acceptors (Lipinski definition) is 3. The summed E-state index contributed by atoms with van der Waals surface area (Å²) in [6.07, 6.45) is 0.748. The van der Waals surface area contributed by atoms with Crippen molar-refractivity contribution < 1.29 is 9.13 Å². The van der Waals surface area contributed by atoms with Gasteiger partial charge in [0, 0.05) is 24.7 Å². The molecule has 1 aromatic heterocycles. The van der Waals surface area contributed by atoms with Crippen LogP contribution in [0.3, 0.4) is 0 Å². The summed E-state index contributed by atoms with van der Waals surface area (Å²) in [7, 11) is 1.81. The van der Waals surface area contributed by atoms with Gasteiger partial charge in [0.05, 0.1) is 16.4 Å².